The third kappa shape index (κ3) is 7.57. The zero-order valence-corrected chi connectivity index (χ0v) is 26.2. The second kappa shape index (κ2) is 14.4. The normalized spacial score (nSPS) is 11.3. The van der Waals surface area contributed by atoms with Crippen LogP contribution in [0.4, 0.5) is 0 Å². The summed E-state index contributed by atoms with van der Waals surface area (Å²) in [6.45, 7) is 4.55. The Hall–Kier alpha value is -2.98. The van der Waals surface area contributed by atoms with Crippen molar-refractivity contribution in [3.63, 3.8) is 0 Å². The van der Waals surface area contributed by atoms with Gasteiger partial charge in [-0.15, -0.1) is 0 Å². The quantitative estimate of drug-likeness (QED) is 0.104. The molecule has 0 atom stereocenters. The van der Waals surface area contributed by atoms with E-state index in [0.717, 1.165) is 31.1 Å². The molecular formula is C36H40O2Sn. The molecular weight excluding hydrogens is 583 g/mol. The van der Waals surface area contributed by atoms with E-state index in [1.54, 1.807) is 0 Å². The first-order chi connectivity index (χ1) is 19.1. The molecule has 0 aliphatic heterocycles. The first-order valence-electron chi connectivity index (χ1n) is 14.4. The molecule has 0 spiro atoms. The van der Waals surface area contributed by atoms with E-state index in [0.29, 0.717) is 0 Å². The molecule has 0 bridgehead atoms. The van der Waals surface area contributed by atoms with Gasteiger partial charge in [-0.2, -0.15) is 0 Å². The molecule has 0 heterocycles. The van der Waals surface area contributed by atoms with Gasteiger partial charge < -0.3 is 0 Å². The van der Waals surface area contributed by atoms with E-state index in [9.17, 15) is 9.59 Å². The summed E-state index contributed by atoms with van der Waals surface area (Å²) in [5, 5.41) is 0. The molecule has 39 heavy (non-hydrogen) atoms. The number of carbonyl (C=O) groups excluding carboxylic acids is 2. The second-order valence-electron chi connectivity index (χ2n) is 10.8. The van der Waals surface area contributed by atoms with E-state index < -0.39 is 18.4 Å². The molecule has 0 aliphatic carbocycles. The second-order valence-corrected chi connectivity index (χ2v) is 24.2. The van der Waals surface area contributed by atoms with Crippen LogP contribution in [0.2, 0.25) is 8.87 Å². The summed E-state index contributed by atoms with van der Waals surface area (Å²) in [6.07, 6.45) is 4.76. The van der Waals surface area contributed by atoms with Crippen molar-refractivity contribution in [1.82, 2.24) is 0 Å². The summed E-state index contributed by atoms with van der Waals surface area (Å²) in [6, 6.07) is 35.8. The molecule has 0 amide bonds. The van der Waals surface area contributed by atoms with Crippen LogP contribution >= 0.6 is 0 Å². The van der Waals surface area contributed by atoms with Crippen molar-refractivity contribution < 1.29 is 9.59 Å². The third-order valence-corrected chi connectivity index (χ3v) is 22.4. The van der Waals surface area contributed by atoms with Crippen LogP contribution in [0.5, 0.6) is 0 Å². The van der Waals surface area contributed by atoms with E-state index in [2.05, 4.69) is 38.1 Å². The molecule has 2 nitrogen and oxygen atoms in total. The van der Waals surface area contributed by atoms with Crippen molar-refractivity contribution in [3.05, 3.63) is 143 Å². The van der Waals surface area contributed by atoms with Gasteiger partial charge >= 0.3 is 239 Å². The Morgan fingerprint density at radius 2 is 0.872 bits per heavy atom. The SMILES string of the molecule is CCC[CH2][Sn]([CH2]CCC)([CH2]c1ccccc1C(=O)c1ccccc1)[CH2]c1ccccc1C(=O)c1ccccc1. The molecule has 200 valence electrons. The fourth-order valence-electron chi connectivity index (χ4n) is 5.73. The van der Waals surface area contributed by atoms with Crippen LogP contribution in [0.25, 0.3) is 0 Å². The Morgan fingerprint density at radius 3 is 1.26 bits per heavy atom. The minimum atomic E-state index is -2.97. The van der Waals surface area contributed by atoms with Crippen molar-refractivity contribution >= 4 is 29.9 Å². The molecule has 0 N–H and O–H groups in total. The van der Waals surface area contributed by atoms with Crippen LogP contribution < -0.4 is 0 Å². The van der Waals surface area contributed by atoms with Gasteiger partial charge in [0.05, 0.1) is 0 Å². The number of unbranched alkanes of at least 4 members (excludes halogenated alkanes) is 2. The molecule has 0 radical (unpaired) electrons. The summed E-state index contributed by atoms with van der Waals surface area (Å²) >= 11 is -2.97. The molecule has 4 aromatic carbocycles. The maximum absolute atomic E-state index is 13.6. The summed E-state index contributed by atoms with van der Waals surface area (Å²) in [5.74, 6) is 0.217. The van der Waals surface area contributed by atoms with Crippen LogP contribution in [-0.2, 0) is 8.87 Å². The van der Waals surface area contributed by atoms with Gasteiger partial charge in [0.25, 0.3) is 0 Å². The molecule has 0 aromatic heterocycles. The number of ketones is 2. The minimum absolute atomic E-state index is 0.108. The summed E-state index contributed by atoms with van der Waals surface area (Å²) in [5.41, 5.74) is 5.55. The monoisotopic (exact) mass is 624 g/mol. The summed E-state index contributed by atoms with van der Waals surface area (Å²) in [4.78, 5) is 27.2. The van der Waals surface area contributed by atoms with E-state index in [4.69, 9.17) is 0 Å². The van der Waals surface area contributed by atoms with E-state index in [1.807, 2.05) is 84.9 Å². The molecule has 3 heteroatoms. The van der Waals surface area contributed by atoms with Crippen molar-refractivity contribution in [2.24, 2.45) is 0 Å². The number of carbonyl (C=O) groups is 2. The standard InChI is InChI=1S/2C14H11O.2C4H9.Sn/c2*1-11-7-5-6-10-13(11)14(15)12-8-3-2-4-9-12;2*1-3-4-2;/h2*2-10H,1H2;2*1,3-4H2,2H3;. The van der Waals surface area contributed by atoms with Gasteiger partial charge in [-0.25, -0.2) is 0 Å². The predicted octanol–water partition coefficient (Wildman–Crippen LogP) is 9.06. The zero-order valence-electron chi connectivity index (χ0n) is 23.4. The molecule has 0 saturated heterocycles. The maximum atomic E-state index is 13.6. The Labute approximate surface area is 238 Å². The van der Waals surface area contributed by atoms with Crippen LogP contribution in [0.3, 0.4) is 0 Å². The van der Waals surface area contributed by atoms with Gasteiger partial charge in [-0.3, -0.25) is 0 Å². The first-order valence-corrected chi connectivity index (χ1v) is 22.5. The zero-order chi connectivity index (χ0) is 27.5. The van der Waals surface area contributed by atoms with E-state index >= 15 is 0 Å². The number of hydrogen-bond acceptors (Lipinski definition) is 2. The van der Waals surface area contributed by atoms with Crippen LogP contribution in [0, 0.1) is 0 Å². The first kappa shape index (κ1) is 29.0. The Balaban J connectivity index is 1.75. The average molecular weight is 623 g/mol. The predicted molar refractivity (Wildman–Crippen MR) is 165 cm³/mol. The molecule has 4 rings (SSSR count). The molecule has 0 fully saturated rings. The topological polar surface area (TPSA) is 34.1 Å². The van der Waals surface area contributed by atoms with Crippen molar-refractivity contribution in [1.29, 1.82) is 0 Å². The van der Waals surface area contributed by atoms with Crippen LogP contribution in [0.1, 0.15) is 82.5 Å². The summed E-state index contributed by atoms with van der Waals surface area (Å²) < 4.78 is 4.59. The van der Waals surface area contributed by atoms with Crippen LogP contribution in [-0.4, -0.2) is 29.9 Å². The van der Waals surface area contributed by atoms with Gasteiger partial charge in [0.15, 0.2) is 0 Å². The molecule has 0 unspecified atom stereocenters. The third-order valence-electron chi connectivity index (χ3n) is 7.85. The molecule has 4 aromatic rings. The van der Waals surface area contributed by atoms with Gasteiger partial charge in [0.2, 0.25) is 0 Å². The number of hydrogen-bond donors (Lipinski definition) is 0. The van der Waals surface area contributed by atoms with Crippen molar-refractivity contribution in [3.8, 4) is 0 Å². The van der Waals surface area contributed by atoms with Crippen LogP contribution in [0.15, 0.2) is 109 Å². The van der Waals surface area contributed by atoms with E-state index in [-0.39, 0.29) is 11.6 Å². The number of benzene rings is 4. The fourth-order valence-corrected chi connectivity index (χ4v) is 21.5. The average Bonchev–Trinajstić information content (AvgIpc) is 3.00. The van der Waals surface area contributed by atoms with Crippen molar-refractivity contribution in [2.45, 2.75) is 57.3 Å². The van der Waals surface area contributed by atoms with Crippen molar-refractivity contribution in [2.75, 3.05) is 0 Å². The van der Waals surface area contributed by atoms with Gasteiger partial charge in [-0.1, -0.05) is 0 Å². The van der Waals surface area contributed by atoms with Gasteiger partial charge in [0.1, 0.15) is 0 Å². The fraction of sp³-hybridized carbons (Fsp3) is 0.278. The van der Waals surface area contributed by atoms with Gasteiger partial charge in [-0.05, 0) is 0 Å². The Bertz CT molecular complexity index is 1250. The number of rotatable bonds is 14. The summed E-state index contributed by atoms with van der Waals surface area (Å²) in [7, 11) is 0. The van der Waals surface area contributed by atoms with E-state index in [1.165, 1.54) is 45.7 Å². The van der Waals surface area contributed by atoms with Gasteiger partial charge in [0, 0.05) is 0 Å². The molecule has 0 aliphatic rings. The Morgan fingerprint density at radius 1 is 0.513 bits per heavy atom. The Kier molecular flexibility index (Phi) is 10.7. The molecule has 0 saturated carbocycles.